The summed E-state index contributed by atoms with van der Waals surface area (Å²) in [5, 5.41) is 7.99. The minimum absolute atomic E-state index is 0.497. The molecule has 0 aliphatic heterocycles. The number of anilines is 1. The Labute approximate surface area is 106 Å². The standard InChI is InChI=1S/C12H15ClN4/c1-2-8-17-10(6-7-15-17)9-14-12-5-3-4-11(13)16-12/h3-7H,2,8-9H2,1H3,(H,14,16). The first-order valence-electron chi connectivity index (χ1n) is 5.66. The molecule has 0 spiro atoms. The summed E-state index contributed by atoms with van der Waals surface area (Å²) in [6, 6.07) is 7.54. The van der Waals surface area contributed by atoms with E-state index in [0.717, 1.165) is 24.5 Å². The average molecular weight is 251 g/mol. The maximum absolute atomic E-state index is 5.82. The molecule has 2 aromatic heterocycles. The molecule has 0 fully saturated rings. The van der Waals surface area contributed by atoms with Crippen LogP contribution in [0.1, 0.15) is 19.0 Å². The first kappa shape index (κ1) is 11.9. The van der Waals surface area contributed by atoms with Crippen LogP contribution < -0.4 is 5.32 Å². The SMILES string of the molecule is CCCn1nccc1CNc1cccc(Cl)n1. The van der Waals surface area contributed by atoms with Gasteiger partial charge in [0.25, 0.3) is 0 Å². The van der Waals surface area contributed by atoms with Crippen molar-refractivity contribution < 1.29 is 0 Å². The van der Waals surface area contributed by atoms with Gasteiger partial charge in [0.1, 0.15) is 11.0 Å². The zero-order valence-corrected chi connectivity index (χ0v) is 10.5. The van der Waals surface area contributed by atoms with Gasteiger partial charge in [0.05, 0.1) is 12.2 Å². The van der Waals surface area contributed by atoms with E-state index in [2.05, 4.69) is 22.3 Å². The number of hydrogen-bond acceptors (Lipinski definition) is 3. The van der Waals surface area contributed by atoms with Crippen LogP contribution in [0.4, 0.5) is 5.82 Å². The Bertz CT molecular complexity index is 481. The van der Waals surface area contributed by atoms with Crippen molar-refractivity contribution in [3.05, 3.63) is 41.3 Å². The fourth-order valence-electron chi connectivity index (χ4n) is 1.61. The van der Waals surface area contributed by atoms with Crippen LogP contribution >= 0.6 is 11.6 Å². The molecule has 0 bridgehead atoms. The second-order valence-electron chi connectivity index (χ2n) is 3.74. The summed E-state index contributed by atoms with van der Waals surface area (Å²) in [5.74, 6) is 0.779. The van der Waals surface area contributed by atoms with Gasteiger partial charge >= 0.3 is 0 Å². The summed E-state index contributed by atoms with van der Waals surface area (Å²) in [7, 11) is 0. The predicted molar refractivity (Wildman–Crippen MR) is 69.1 cm³/mol. The molecule has 0 atom stereocenters. The average Bonchev–Trinajstić information content (AvgIpc) is 2.75. The summed E-state index contributed by atoms with van der Waals surface area (Å²) in [4.78, 5) is 4.17. The lowest BCUT2D eigenvalue weighted by Crippen LogP contribution is -2.09. The highest BCUT2D eigenvalue weighted by Crippen LogP contribution is 2.10. The minimum atomic E-state index is 0.497. The molecule has 4 nitrogen and oxygen atoms in total. The van der Waals surface area contributed by atoms with E-state index in [1.165, 1.54) is 0 Å². The highest BCUT2D eigenvalue weighted by atomic mass is 35.5. The molecule has 0 saturated carbocycles. The molecule has 2 heterocycles. The topological polar surface area (TPSA) is 42.7 Å². The monoisotopic (exact) mass is 250 g/mol. The van der Waals surface area contributed by atoms with Gasteiger partial charge in [0.15, 0.2) is 0 Å². The highest BCUT2D eigenvalue weighted by Gasteiger charge is 2.02. The maximum atomic E-state index is 5.82. The van der Waals surface area contributed by atoms with E-state index in [9.17, 15) is 0 Å². The summed E-state index contributed by atoms with van der Waals surface area (Å²) >= 11 is 5.82. The van der Waals surface area contributed by atoms with E-state index in [4.69, 9.17) is 11.6 Å². The predicted octanol–water partition coefficient (Wildman–Crippen LogP) is 2.95. The fraction of sp³-hybridized carbons (Fsp3) is 0.333. The van der Waals surface area contributed by atoms with Gasteiger partial charge in [-0.15, -0.1) is 0 Å². The lowest BCUT2D eigenvalue weighted by Gasteiger charge is -2.08. The summed E-state index contributed by atoms with van der Waals surface area (Å²) in [6.45, 7) is 3.78. The van der Waals surface area contributed by atoms with Gasteiger partial charge in [-0.05, 0) is 24.6 Å². The van der Waals surface area contributed by atoms with E-state index in [1.54, 1.807) is 6.07 Å². The Morgan fingerprint density at radius 3 is 3.00 bits per heavy atom. The van der Waals surface area contributed by atoms with Crippen molar-refractivity contribution in [2.75, 3.05) is 5.32 Å². The largest absolute Gasteiger partial charge is 0.364 e. The molecule has 0 saturated heterocycles. The summed E-state index contributed by atoms with van der Waals surface area (Å²) in [5.41, 5.74) is 1.15. The third-order valence-corrected chi connectivity index (χ3v) is 2.62. The quantitative estimate of drug-likeness (QED) is 0.830. The van der Waals surface area contributed by atoms with Gasteiger partial charge in [-0.25, -0.2) is 4.98 Å². The van der Waals surface area contributed by atoms with Crippen molar-refractivity contribution in [2.45, 2.75) is 26.4 Å². The lowest BCUT2D eigenvalue weighted by atomic mass is 10.4. The van der Waals surface area contributed by atoms with Crippen LogP contribution in [0.2, 0.25) is 5.15 Å². The van der Waals surface area contributed by atoms with E-state index in [0.29, 0.717) is 11.7 Å². The van der Waals surface area contributed by atoms with Crippen LogP contribution in [0.15, 0.2) is 30.5 Å². The molecular formula is C12H15ClN4. The van der Waals surface area contributed by atoms with E-state index in [1.807, 2.05) is 29.1 Å². The third-order valence-electron chi connectivity index (χ3n) is 2.41. The molecule has 0 aromatic carbocycles. The third kappa shape index (κ3) is 3.20. The molecule has 0 aliphatic rings. The van der Waals surface area contributed by atoms with Crippen molar-refractivity contribution >= 4 is 17.4 Å². The second-order valence-corrected chi connectivity index (χ2v) is 4.13. The number of aromatic nitrogens is 3. The number of nitrogens with one attached hydrogen (secondary N) is 1. The van der Waals surface area contributed by atoms with E-state index < -0.39 is 0 Å². The molecule has 0 unspecified atom stereocenters. The second kappa shape index (κ2) is 5.68. The smallest absolute Gasteiger partial charge is 0.131 e. The van der Waals surface area contributed by atoms with Gasteiger partial charge in [-0.1, -0.05) is 24.6 Å². The Kier molecular flexibility index (Phi) is 3.98. The molecule has 5 heteroatoms. The Morgan fingerprint density at radius 1 is 1.35 bits per heavy atom. The Balaban J connectivity index is 1.99. The van der Waals surface area contributed by atoms with Crippen LogP contribution in [0.25, 0.3) is 0 Å². The number of nitrogens with zero attached hydrogens (tertiary/aromatic N) is 3. The van der Waals surface area contributed by atoms with Crippen LogP contribution in [0.5, 0.6) is 0 Å². The van der Waals surface area contributed by atoms with Gasteiger partial charge in [0.2, 0.25) is 0 Å². The van der Waals surface area contributed by atoms with Crippen LogP contribution in [-0.4, -0.2) is 14.8 Å². The van der Waals surface area contributed by atoms with Crippen LogP contribution in [-0.2, 0) is 13.1 Å². The van der Waals surface area contributed by atoms with Crippen molar-refractivity contribution in [2.24, 2.45) is 0 Å². The first-order valence-corrected chi connectivity index (χ1v) is 6.04. The zero-order chi connectivity index (χ0) is 12.1. The molecule has 0 amide bonds. The summed E-state index contributed by atoms with van der Waals surface area (Å²) in [6.07, 6.45) is 2.89. The van der Waals surface area contributed by atoms with Gasteiger partial charge in [-0.2, -0.15) is 5.10 Å². The van der Waals surface area contributed by atoms with Crippen molar-refractivity contribution in [3.63, 3.8) is 0 Å². The van der Waals surface area contributed by atoms with Crippen molar-refractivity contribution in [1.29, 1.82) is 0 Å². The molecule has 2 rings (SSSR count). The van der Waals surface area contributed by atoms with E-state index in [-0.39, 0.29) is 0 Å². The van der Waals surface area contributed by atoms with E-state index >= 15 is 0 Å². The highest BCUT2D eigenvalue weighted by molar-refractivity contribution is 6.29. The molecular weight excluding hydrogens is 236 g/mol. The van der Waals surface area contributed by atoms with Crippen LogP contribution in [0.3, 0.4) is 0 Å². The molecule has 1 N–H and O–H groups in total. The number of halogens is 1. The maximum Gasteiger partial charge on any atom is 0.131 e. The van der Waals surface area contributed by atoms with Gasteiger partial charge in [-0.3, -0.25) is 4.68 Å². The number of aryl methyl sites for hydroxylation is 1. The number of hydrogen-bond donors (Lipinski definition) is 1. The minimum Gasteiger partial charge on any atom is -0.364 e. The normalized spacial score (nSPS) is 10.5. The molecule has 0 aliphatic carbocycles. The Hall–Kier alpha value is -1.55. The summed E-state index contributed by atoms with van der Waals surface area (Å²) < 4.78 is 2.00. The Morgan fingerprint density at radius 2 is 2.24 bits per heavy atom. The van der Waals surface area contributed by atoms with Gasteiger partial charge < -0.3 is 5.32 Å². The zero-order valence-electron chi connectivity index (χ0n) is 9.73. The lowest BCUT2D eigenvalue weighted by molar-refractivity contribution is 0.578. The first-order chi connectivity index (χ1) is 8.29. The van der Waals surface area contributed by atoms with Gasteiger partial charge in [0, 0.05) is 12.7 Å². The van der Waals surface area contributed by atoms with Crippen molar-refractivity contribution in [3.8, 4) is 0 Å². The van der Waals surface area contributed by atoms with Crippen LogP contribution in [0, 0.1) is 0 Å². The molecule has 2 aromatic rings. The number of rotatable bonds is 5. The number of pyridine rings is 1. The molecule has 17 heavy (non-hydrogen) atoms. The molecule has 90 valence electrons. The van der Waals surface area contributed by atoms with Crippen molar-refractivity contribution in [1.82, 2.24) is 14.8 Å². The molecule has 0 radical (unpaired) electrons. The fourth-order valence-corrected chi connectivity index (χ4v) is 1.77.